The summed E-state index contributed by atoms with van der Waals surface area (Å²) >= 11 is 1.79. The highest BCUT2D eigenvalue weighted by atomic mass is 32.2. The van der Waals surface area contributed by atoms with E-state index in [0.717, 1.165) is 98.5 Å². The van der Waals surface area contributed by atoms with E-state index >= 15 is 0 Å². The zero-order chi connectivity index (χ0) is 47.8. The highest BCUT2D eigenvalue weighted by molar-refractivity contribution is 7.99. The van der Waals surface area contributed by atoms with Gasteiger partial charge in [0, 0.05) is 54.4 Å². The van der Waals surface area contributed by atoms with Gasteiger partial charge in [-0.1, -0.05) is 188 Å². The van der Waals surface area contributed by atoms with Gasteiger partial charge in [-0.3, -0.25) is 0 Å². The topological polar surface area (TPSA) is 19.6 Å². The van der Waals surface area contributed by atoms with Crippen molar-refractivity contribution in [1.82, 2.24) is 0 Å². The van der Waals surface area contributed by atoms with Gasteiger partial charge in [0.25, 0.3) is 0 Å². The van der Waals surface area contributed by atoms with E-state index in [0.29, 0.717) is 6.04 Å². The van der Waals surface area contributed by atoms with E-state index < -0.39 is 8.07 Å². The molecule has 0 aliphatic carbocycles. The van der Waals surface area contributed by atoms with Gasteiger partial charge in [0.05, 0.1) is 15.1 Å². The molecule has 3 nitrogen and oxygen atoms in total. The molecule has 0 amide bonds. The largest absolute Gasteiger partial charge is 0.454 e. The third kappa shape index (κ3) is 7.29. The number of nitrogens with zero attached hydrogens (tertiary/aromatic N) is 2. The predicted octanol–water partition coefficient (Wildman–Crippen LogP) is 18.8. The van der Waals surface area contributed by atoms with E-state index in [1.165, 1.54) is 27.4 Å². The summed E-state index contributed by atoms with van der Waals surface area (Å²) in [5.74, 6) is 0. The third-order valence-electron chi connectivity index (χ3n) is 13.9. The van der Waals surface area contributed by atoms with Crippen molar-refractivity contribution < 1.29 is 5.79 Å². The minimum absolute atomic E-state index is 0.538. The van der Waals surface area contributed by atoms with Crippen molar-refractivity contribution >= 4 is 103 Å². The van der Waals surface area contributed by atoms with Crippen LogP contribution in [0.4, 0.5) is 34.1 Å². The van der Waals surface area contributed by atoms with E-state index in [4.69, 9.17) is 4.42 Å². The Hall–Kier alpha value is -8.09. The number of para-hydroxylation sites is 2. The van der Waals surface area contributed by atoms with Crippen LogP contribution >= 0.6 is 11.8 Å². The normalized spacial score (nSPS) is 12.4. The average molecular weight is 934 g/mol. The van der Waals surface area contributed by atoms with Gasteiger partial charge >= 0.3 is 0 Å². The molecule has 334 valence electrons. The molecule has 70 heavy (non-hydrogen) atoms. The van der Waals surface area contributed by atoms with Gasteiger partial charge < -0.3 is 14.2 Å². The summed E-state index contributed by atoms with van der Waals surface area (Å²) in [6, 6.07) is 83.3. The molecular formula is C65H48N2OSSi. The third-order valence-corrected chi connectivity index (χ3v) is 17.1. The summed E-state index contributed by atoms with van der Waals surface area (Å²) in [7, 11) is -1.55. The maximum Gasteiger partial charge on any atom is 0.159 e. The van der Waals surface area contributed by atoms with Gasteiger partial charge in [-0.2, -0.15) is 0 Å². The van der Waals surface area contributed by atoms with Crippen LogP contribution in [0.15, 0.2) is 251 Å². The molecule has 0 bridgehead atoms. The zero-order valence-corrected chi connectivity index (χ0v) is 41.0. The summed E-state index contributed by atoms with van der Waals surface area (Å²) in [6.07, 6.45) is 0. The SMILES string of the molecule is [2H]c1c2c3c(cccc3c3cc(N(c4ccc([Si](C)(C)C)cc4)c4cccc5c4oc4ccccc45)ccc13)Sc1cc(N(c3ccc(-c4ccccc4)cc3)c3ccc(-c4ccccc4)cc3)ccc1-2. The van der Waals surface area contributed by atoms with Crippen LogP contribution in [-0.2, 0) is 0 Å². The standard InChI is InChI=1S/C65H48N2OSSi/c1-70(2,3)53-37-34-50(35-38-53)67(60-21-12-20-57-54-18-10-11-22-61(54)68-65(57)60)51-33-28-47-40-59-55-39-36-52(42-63(55)69-62-23-13-19-56(64(59)62)58(47)41-51)66(48-29-24-45(25-30-48)43-14-6-4-7-15-43)49-31-26-46(27-32-49)44-16-8-5-9-17-44/h4-42H,1-3H3/i40D. The molecule has 1 aromatic heterocycles. The monoisotopic (exact) mass is 933 g/mol. The first-order valence-corrected chi connectivity index (χ1v) is 28.3. The highest BCUT2D eigenvalue weighted by Gasteiger charge is 2.26. The molecule has 0 N–H and O–H groups in total. The molecule has 0 saturated carbocycles. The van der Waals surface area contributed by atoms with Crippen LogP contribution in [0.25, 0.3) is 76.9 Å². The van der Waals surface area contributed by atoms with Crippen molar-refractivity contribution in [3.05, 3.63) is 237 Å². The number of furan rings is 1. The molecule has 0 unspecified atom stereocenters. The van der Waals surface area contributed by atoms with Crippen molar-refractivity contribution in [2.24, 2.45) is 0 Å². The molecule has 1 aliphatic heterocycles. The Balaban J connectivity index is 0.942. The molecule has 0 spiro atoms. The molecular weight excluding hydrogens is 885 g/mol. The Morgan fingerprint density at radius 3 is 1.64 bits per heavy atom. The highest BCUT2D eigenvalue weighted by Crippen LogP contribution is 2.52. The Bertz CT molecular complexity index is 3920. The fraction of sp³-hybridized carbons (Fsp3) is 0.0462. The number of fused-ring (bicyclic) bond motifs is 7. The first-order valence-electron chi connectivity index (χ1n) is 24.5. The van der Waals surface area contributed by atoms with Gasteiger partial charge in [-0.25, -0.2) is 0 Å². The van der Waals surface area contributed by atoms with Crippen molar-refractivity contribution in [1.29, 1.82) is 0 Å². The van der Waals surface area contributed by atoms with Crippen LogP contribution in [0.2, 0.25) is 19.6 Å². The number of rotatable bonds is 9. The quantitative estimate of drug-likeness (QED) is 0.106. The predicted molar refractivity (Wildman–Crippen MR) is 302 cm³/mol. The van der Waals surface area contributed by atoms with E-state index in [1.807, 2.05) is 12.1 Å². The van der Waals surface area contributed by atoms with Crippen molar-refractivity contribution in [2.45, 2.75) is 29.4 Å². The second-order valence-electron chi connectivity index (χ2n) is 19.2. The number of hydrogen-bond donors (Lipinski definition) is 0. The van der Waals surface area contributed by atoms with Gasteiger partial charge in [-0.15, -0.1) is 0 Å². The van der Waals surface area contributed by atoms with Gasteiger partial charge in [-0.05, 0) is 134 Å². The maximum absolute atomic E-state index is 10.1. The minimum atomic E-state index is -1.55. The summed E-state index contributed by atoms with van der Waals surface area (Å²) in [5.41, 5.74) is 14.7. The molecule has 12 aromatic rings. The second-order valence-corrected chi connectivity index (χ2v) is 25.4. The molecule has 2 heterocycles. The fourth-order valence-corrected chi connectivity index (χ4v) is 12.6. The summed E-state index contributed by atoms with van der Waals surface area (Å²) in [5, 5.41) is 7.84. The first kappa shape index (κ1) is 40.9. The van der Waals surface area contributed by atoms with Crippen LogP contribution < -0.4 is 15.0 Å². The second kappa shape index (κ2) is 16.8. The number of anilines is 6. The molecule has 0 fully saturated rings. The van der Waals surface area contributed by atoms with Crippen LogP contribution in [0.1, 0.15) is 1.37 Å². The van der Waals surface area contributed by atoms with E-state index in [9.17, 15) is 1.37 Å². The summed E-state index contributed by atoms with van der Waals surface area (Å²) < 4.78 is 16.8. The Morgan fingerprint density at radius 2 is 0.957 bits per heavy atom. The molecule has 1 aliphatic rings. The molecule has 0 atom stereocenters. The van der Waals surface area contributed by atoms with E-state index in [-0.39, 0.29) is 0 Å². The molecule has 5 heteroatoms. The lowest BCUT2D eigenvalue weighted by Crippen LogP contribution is -2.37. The van der Waals surface area contributed by atoms with Crippen LogP contribution in [0, 0.1) is 0 Å². The number of hydrogen-bond acceptors (Lipinski definition) is 4. The molecule has 13 rings (SSSR count). The van der Waals surface area contributed by atoms with Crippen molar-refractivity contribution in [3.63, 3.8) is 0 Å². The lowest BCUT2D eigenvalue weighted by Gasteiger charge is -2.29. The Kier molecular flexibility index (Phi) is 9.85. The summed E-state index contributed by atoms with van der Waals surface area (Å²) in [6.45, 7) is 7.17. The average Bonchev–Trinajstić information content (AvgIpc) is 3.80. The molecule has 0 saturated heterocycles. The van der Waals surface area contributed by atoms with Crippen LogP contribution in [0.5, 0.6) is 0 Å². The van der Waals surface area contributed by atoms with Crippen molar-refractivity contribution in [3.8, 4) is 33.4 Å². The fourth-order valence-electron chi connectivity index (χ4n) is 10.3. The molecule has 11 aromatic carbocycles. The van der Waals surface area contributed by atoms with E-state index in [2.05, 4.69) is 248 Å². The number of benzene rings is 11. The van der Waals surface area contributed by atoms with Gasteiger partial charge in [0.15, 0.2) is 5.58 Å². The van der Waals surface area contributed by atoms with Crippen LogP contribution in [-0.4, -0.2) is 8.07 Å². The van der Waals surface area contributed by atoms with Gasteiger partial charge in [0.2, 0.25) is 0 Å². The molecule has 0 radical (unpaired) electrons. The lowest BCUT2D eigenvalue weighted by molar-refractivity contribution is 0.669. The van der Waals surface area contributed by atoms with Crippen LogP contribution in [0.3, 0.4) is 0 Å². The van der Waals surface area contributed by atoms with Gasteiger partial charge in [0.1, 0.15) is 5.58 Å². The first-order chi connectivity index (χ1) is 34.7. The summed E-state index contributed by atoms with van der Waals surface area (Å²) in [4.78, 5) is 6.96. The minimum Gasteiger partial charge on any atom is -0.454 e. The maximum atomic E-state index is 10.1. The lowest BCUT2D eigenvalue weighted by atomic mass is 9.92. The Morgan fingerprint density at radius 1 is 0.414 bits per heavy atom. The smallest absolute Gasteiger partial charge is 0.159 e. The van der Waals surface area contributed by atoms with Crippen molar-refractivity contribution in [2.75, 3.05) is 9.80 Å². The van der Waals surface area contributed by atoms with E-state index in [1.54, 1.807) is 11.8 Å². The zero-order valence-electron chi connectivity index (χ0n) is 40.2. The Labute approximate surface area is 415 Å².